The molecule has 1 atom stereocenters. The third kappa shape index (κ3) is 4.13. The molecule has 0 aliphatic carbocycles. The van der Waals surface area contributed by atoms with Crippen molar-refractivity contribution in [3.8, 4) is 0 Å². The molecule has 27 heavy (non-hydrogen) atoms. The van der Waals surface area contributed by atoms with E-state index in [1.54, 1.807) is 0 Å². The van der Waals surface area contributed by atoms with E-state index in [0.717, 1.165) is 44.1 Å². The van der Waals surface area contributed by atoms with E-state index >= 15 is 0 Å². The lowest BCUT2D eigenvalue weighted by molar-refractivity contribution is -0.937. The molecule has 2 aromatic rings. The summed E-state index contributed by atoms with van der Waals surface area (Å²) in [5.74, 6) is 1.24. The van der Waals surface area contributed by atoms with Gasteiger partial charge in [-0.25, -0.2) is 9.07 Å². The van der Waals surface area contributed by atoms with Gasteiger partial charge in [-0.1, -0.05) is 20.8 Å². The van der Waals surface area contributed by atoms with Gasteiger partial charge in [0.25, 0.3) is 0 Å². The second-order valence-electron chi connectivity index (χ2n) is 8.46. The summed E-state index contributed by atoms with van der Waals surface area (Å²) in [5.41, 5.74) is 0.995. The zero-order valence-electron chi connectivity index (χ0n) is 17.1. The molecule has 1 N–H and O–H groups in total. The first-order chi connectivity index (χ1) is 12.8. The number of aromatic nitrogens is 4. The number of tetrazole rings is 1. The van der Waals surface area contributed by atoms with Crippen molar-refractivity contribution in [3.63, 3.8) is 0 Å². The van der Waals surface area contributed by atoms with Gasteiger partial charge < -0.3 is 9.80 Å². The van der Waals surface area contributed by atoms with Crippen LogP contribution < -0.4 is 9.80 Å². The molecule has 2 heterocycles. The van der Waals surface area contributed by atoms with Gasteiger partial charge in [0.1, 0.15) is 5.82 Å². The first-order valence-electron chi connectivity index (χ1n) is 9.97. The van der Waals surface area contributed by atoms with Crippen LogP contribution in [-0.2, 0) is 5.54 Å². The van der Waals surface area contributed by atoms with Crippen LogP contribution in [0.25, 0.3) is 0 Å². The van der Waals surface area contributed by atoms with Crippen LogP contribution in [0.5, 0.6) is 0 Å². The SMILES string of the molecule is CCC(C)(C)n1nnnc1[C@H](C(C)C)[NH+]1CCN(c2ccc(F)cc2)CC1. The van der Waals surface area contributed by atoms with E-state index in [0.29, 0.717) is 5.92 Å². The van der Waals surface area contributed by atoms with Crippen molar-refractivity contribution in [3.05, 3.63) is 35.9 Å². The van der Waals surface area contributed by atoms with E-state index < -0.39 is 0 Å². The van der Waals surface area contributed by atoms with Crippen LogP contribution in [0.15, 0.2) is 24.3 Å². The summed E-state index contributed by atoms with van der Waals surface area (Å²) in [4.78, 5) is 3.85. The topological polar surface area (TPSA) is 51.3 Å². The number of quaternary nitrogens is 1. The zero-order chi connectivity index (χ0) is 19.6. The van der Waals surface area contributed by atoms with Crippen molar-refractivity contribution in [2.75, 3.05) is 31.1 Å². The van der Waals surface area contributed by atoms with Crippen molar-refractivity contribution < 1.29 is 9.29 Å². The van der Waals surface area contributed by atoms with Crippen LogP contribution in [-0.4, -0.2) is 46.4 Å². The number of rotatable bonds is 6. The van der Waals surface area contributed by atoms with Crippen molar-refractivity contribution in [1.29, 1.82) is 0 Å². The monoisotopic (exact) mass is 375 g/mol. The predicted octanol–water partition coefficient (Wildman–Crippen LogP) is 2.06. The second-order valence-corrected chi connectivity index (χ2v) is 8.46. The molecule has 1 saturated heterocycles. The lowest BCUT2D eigenvalue weighted by atomic mass is 9.97. The second kappa shape index (κ2) is 7.92. The van der Waals surface area contributed by atoms with Gasteiger partial charge in [0.2, 0.25) is 5.82 Å². The number of benzene rings is 1. The smallest absolute Gasteiger partial charge is 0.210 e. The highest BCUT2D eigenvalue weighted by Gasteiger charge is 2.37. The highest BCUT2D eigenvalue weighted by atomic mass is 19.1. The molecule has 0 saturated carbocycles. The molecular formula is C20H32FN6+. The molecule has 6 nitrogen and oxygen atoms in total. The van der Waals surface area contributed by atoms with Crippen LogP contribution in [0.3, 0.4) is 0 Å². The molecule has 3 rings (SSSR count). The third-order valence-corrected chi connectivity index (χ3v) is 5.91. The minimum absolute atomic E-state index is 0.0959. The molecule has 0 unspecified atom stereocenters. The van der Waals surface area contributed by atoms with Crippen LogP contribution in [0, 0.1) is 11.7 Å². The Hall–Kier alpha value is -2.02. The van der Waals surface area contributed by atoms with E-state index in [1.165, 1.54) is 17.0 Å². The minimum Gasteiger partial charge on any atom is -0.360 e. The van der Waals surface area contributed by atoms with Gasteiger partial charge in [-0.15, -0.1) is 5.10 Å². The number of halogens is 1. The Kier molecular flexibility index (Phi) is 5.79. The van der Waals surface area contributed by atoms with Crippen molar-refractivity contribution in [2.45, 2.75) is 52.6 Å². The Labute approximate surface area is 161 Å². The summed E-state index contributed by atoms with van der Waals surface area (Å²) in [5, 5.41) is 12.8. The van der Waals surface area contributed by atoms with Gasteiger partial charge in [0.05, 0.1) is 31.7 Å². The third-order valence-electron chi connectivity index (χ3n) is 5.91. The number of nitrogens with zero attached hydrogens (tertiary/aromatic N) is 5. The summed E-state index contributed by atoms with van der Waals surface area (Å²) >= 11 is 0. The quantitative estimate of drug-likeness (QED) is 0.840. The summed E-state index contributed by atoms with van der Waals surface area (Å²) in [6.45, 7) is 15.0. The highest BCUT2D eigenvalue weighted by molar-refractivity contribution is 5.46. The number of hydrogen-bond acceptors (Lipinski definition) is 4. The maximum Gasteiger partial charge on any atom is 0.210 e. The molecule has 0 spiro atoms. The van der Waals surface area contributed by atoms with Gasteiger partial charge in [-0.3, -0.25) is 0 Å². The molecule has 148 valence electrons. The van der Waals surface area contributed by atoms with Crippen molar-refractivity contribution >= 4 is 5.69 Å². The molecule has 1 fully saturated rings. The average molecular weight is 376 g/mol. The maximum atomic E-state index is 13.2. The van der Waals surface area contributed by atoms with Gasteiger partial charge in [0.15, 0.2) is 6.04 Å². The Bertz CT molecular complexity index is 731. The minimum atomic E-state index is -0.187. The van der Waals surface area contributed by atoms with E-state index in [-0.39, 0.29) is 17.4 Å². The standard InChI is InChI=1S/C20H31FN6/c1-6-20(4,5)27-19(22-23-24-27)18(15(2)3)26-13-11-25(12-14-26)17-9-7-16(21)8-10-17/h7-10,15,18H,6,11-14H2,1-5H3/p+1/t18-/m0/s1. The van der Waals surface area contributed by atoms with E-state index in [4.69, 9.17) is 0 Å². The lowest BCUT2D eigenvalue weighted by Gasteiger charge is -2.39. The fourth-order valence-corrected chi connectivity index (χ4v) is 3.94. The fraction of sp³-hybridized carbons (Fsp3) is 0.650. The lowest BCUT2D eigenvalue weighted by Crippen LogP contribution is -3.15. The molecule has 7 heteroatoms. The number of anilines is 1. The van der Waals surface area contributed by atoms with Crippen LogP contribution in [0.4, 0.5) is 10.1 Å². The first-order valence-corrected chi connectivity index (χ1v) is 9.97. The largest absolute Gasteiger partial charge is 0.360 e. The van der Waals surface area contributed by atoms with Crippen molar-refractivity contribution in [1.82, 2.24) is 20.2 Å². The van der Waals surface area contributed by atoms with Crippen LogP contribution in [0.2, 0.25) is 0 Å². The number of nitrogens with one attached hydrogen (secondary N) is 1. The first kappa shape index (κ1) is 19.7. The summed E-state index contributed by atoms with van der Waals surface area (Å²) in [7, 11) is 0. The summed E-state index contributed by atoms with van der Waals surface area (Å²) < 4.78 is 15.2. The Balaban J connectivity index is 1.77. The van der Waals surface area contributed by atoms with Crippen LogP contribution >= 0.6 is 0 Å². The molecule has 0 amide bonds. The Morgan fingerprint density at radius 1 is 1.15 bits per heavy atom. The van der Waals surface area contributed by atoms with Gasteiger partial charge in [0, 0.05) is 11.6 Å². The molecular weight excluding hydrogens is 343 g/mol. The summed E-state index contributed by atoms with van der Waals surface area (Å²) in [6, 6.07) is 7.06. The van der Waals surface area contributed by atoms with E-state index in [1.807, 2.05) is 16.8 Å². The molecule has 1 aromatic carbocycles. The van der Waals surface area contributed by atoms with Crippen molar-refractivity contribution in [2.24, 2.45) is 5.92 Å². The highest BCUT2D eigenvalue weighted by Crippen LogP contribution is 2.25. The Morgan fingerprint density at radius 2 is 1.78 bits per heavy atom. The normalized spacial score (nSPS) is 17.5. The predicted molar refractivity (Wildman–Crippen MR) is 104 cm³/mol. The Morgan fingerprint density at radius 3 is 2.33 bits per heavy atom. The van der Waals surface area contributed by atoms with Crippen LogP contribution in [0.1, 0.15) is 52.9 Å². The maximum absolute atomic E-state index is 13.2. The van der Waals surface area contributed by atoms with Gasteiger partial charge in [-0.2, -0.15) is 0 Å². The summed E-state index contributed by atoms with van der Waals surface area (Å²) in [6.07, 6.45) is 0.976. The van der Waals surface area contributed by atoms with E-state index in [2.05, 4.69) is 55.0 Å². The number of hydrogen-bond donors (Lipinski definition) is 1. The molecule has 1 aliphatic rings. The van der Waals surface area contributed by atoms with E-state index in [9.17, 15) is 4.39 Å². The molecule has 1 aliphatic heterocycles. The zero-order valence-corrected chi connectivity index (χ0v) is 17.1. The fourth-order valence-electron chi connectivity index (χ4n) is 3.94. The molecule has 1 aromatic heterocycles. The number of piperazine rings is 1. The molecule has 0 bridgehead atoms. The molecule has 0 radical (unpaired) electrons. The van der Waals surface area contributed by atoms with Gasteiger partial charge in [-0.05, 0) is 55.0 Å². The van der Waals surface area contributed by atoms with Gasteiger partial charge >= 0.3 is 0 Å². The average Bonchev–Trinajstić information content (AvgIpc) is 3.13.